The third-order valence-electron chi connectivity index (χ3n) is 11.2. The molecule has 0 saturated heterocycles. The molecule has 8 aromatic carbocycles. The summed E-state index contributed by atoms with van der Waals surface area (Å²) in [5.74, 6) is 0. The smallest absolute Gasteiger partial charge is 0.0714 e. The molecule has 10 rings (SSSR count). The first-order chi connectivity index (χ1) is 25.3. The van der Waals surface area contributed by atoms with E-state index in [1.807, 2.05) is 0 Å². The maximum absolute atomic E-state index is 3.90. The van der Waals surface area contributed by atoms with Crippen molar-refractivity contribution in [2.45, 2.75) is 10.8 Å². The number of nitrogens with one attached hydrogen (secondary N) is 1. The third kappa shape index (κ3) is 4.22. The van der Waals surface area contributed by atoms with E-state index in [0.29, 0.717) is 0 Å². The van der Waals surface area contributed by atoms with Gasteiger partial charge in [0, 0.05) is 11.4 Å². The zero-order chi connectivity index (χ0) is 33.8. The first-order valence-electron chi connectivity index (χ1n) is 17.8. The van der Waals surface area contributed by atoms with Gasteiger partial charge in [-0.05, 0) is 91.0 Å². The summed E-state index contributed by atoms with van der Waals surface area (Å²) in [6.45, 7) is 0. The Labute approximate surface area is 299 Å². The minimum atomic E-state index is -0.443. The van der Waals surface area contributed by atoms with E-state index in [0.717, 1.165) is 11.4 Å². The highest BCUT2D eigenvalue weighted by molar-refractivity contribution is 5.90. The van der Waals surface area contributed by atoms with E-state index in [4.69, 9.17) is 0 Å². The normalized spacial score (nSPS) is 14.2. The lowest BCUT2D eigenvalue weighted by Crippen LogP contribution is -2.28. The lowest BCUT2D eigenvalue weighted by molar-refractivity contribution is 0.768. The molecule has 0 heterocycles. The molecule has 0 unspecified atom stereocenters. The van der Waals surface area contributed by atoms with Gasteiger partial charge in [0.2, 0.25) is 0 Å². The lowest BCUT2D eigenvalue weighted by atomic mass is 9.67. The van der Waals surface area contributed by atoms with E-state index in [2.05, 4.69) is 212 Å². The van der Waals surface area contributed by atoms with Gasteiger partial charge in [-0.2, -0.15) is 0 Å². The van der Waals surface area contributed by atoms with Crippen LogP contribution in [0, 0.1) is 0 Å². The Kier molecular flexibility index (Phi) is 6.69. The number of fused-ring (bicyclic) bond motifs is 6. The van der Waals surface area contributed by atoms with Crippen molar-refractivity contribution < 1.29 is 0 Å². The van der Waals surface area contributed by atoms with Crippen molar-refractivity contribution in [3.63, 3.8) is 0 Å². The fourth-order valence-electron chi connectivity index (χ4n) is 9.21. The molecule has 0 atom stereocenters. The Morgan fingerprint density at radius 1 is 0.255 bits per heavy atom. The van der Waals surface area contributed by atoms with Crippen LogP contribution < -0.4 is 5.32 Å². The van der Waals surface area contributed by atoms with Crippen LogP contribution in [0.4, 0.5) is 11.4 Å². The molecule has 0 radical (unpaired) electrons. The molecule has 2 aliphatic rings. The molecule has 8 aromatic rings. The highest BCUT2D eigenvalue weighted by Crippen LogP contribution is 2.58. The highest BCUT2D eigenvalue weighted by atomic mass is 14.9. The fraction of sp³-hybridized carbons (Fsp3) is 0.0400. The quantitative estimate of drug-likeness (QED) is 0.189. The van der Waals surface area contributed by atoms with Gasteiger partial charge in [-0.25, -0.2) is 0 Å². The van der Waals surface area contributed by atoms with Gasteiger partial charge in [0.05, 0.1) is 10.8 Å². The summed E-state index contributed by atoms with van der Waals surface area (Å²) in [5.41, 5.74) is 16.7. The van der Waals surface area contributed by atoms with E-state index in [1.54, 1.807) is 0 Å². The molecule has 51 heavy (non-hydrogen) atoms. The summed E-state index contributed by atoms with van der Waals surface area (Å²) in [6, 6.07) is 75.7. The predicted octanol–water partition coefficient (Wildman–Crippen LogP) is 12.2. The molecule has 0 amide bonds. The van der Waals surface area contributed by atoms with Crippen LogP contribution in [-0.2, 0) is 10.8 Å². The monoisotopic (exact) mass is 649 g/mol. The number of rotatable bonds is 6. The zero-order valence-corrected chi connectivity index (χ0v) is 28.1. The molecule has 0 aliphatic heterocycles. The molecule has 0 saturated carbocycles. The summed E-state index contributed by atoms with van der Waals surface area (Å²) in [5, 5.41) is 3.90. The molecule has 0 aromatic heterocycles. The molecule has 0 fully saturated rings. The maximum atomic E-state index is 3.90. The number of hydrogen-bond acceptors (Lipinski definition) is 1. The molecule has 240 valence electrons. The second kappa shape index (κ2) is 11.6. The largest absolute Gasteiger partial charge is 0.356 e. The summed E-state index contributed by atoms with van der Waals surface area (Å²) in [6.07, 6.45) is 0. The standard InChI is InChI=1S/C50H35N/c1-5-17-35(18-6-1)49(36-19-7-2-8-20-36)45-27-15-13-25-41(45)43-31-29-39(33-47(43)49)51-40-30-32-44-42-26-14-16-28-46(42)50(48(44)34-40,37-21-9-3-10-22-37)38-23-11-4-12-24-38/h1-34,51H. The average Bonchev–Trinajstić information content (AvgIpc) is 3.67. The molecule has 0 spiro atoms. The van der Waals surface area contributed by atoms with E-state index in [-0.39, 0.29) is 0 Å². The van der Waals surface area contributed by atoms with Crippen LogP contribution in [-0.4, -0.2) is 0 Å². The molecular weight excluding hydrogens is 615 g/mol. The zero-order valence-electron chi connectivity index (χ0n) is 28.1. The van der Waals surface area contributed by atoms with Crippen LogP contribution in [0.2, 0.25) is 0 Å². The van der Waals surface area contributed by atoms with Crippen LogP contribution in [0.1, 0.15) is 44.5 Å². The van der Waals surface area contributed by atoms with Crippen molar-refractivity contribution in [1.82, 2.24) is 0 Å². The summed E-state index contributed by atoms with van der Waals surface area (Å²) in [7, 11) is 0. The lowest BCUT2D eigenvalue weighted by Gasteiger charge is -2.34. The summed E-state index contributed by atoms with van der Waals surface area (Å²) < 4.78 is 0. The predicted molar refractivity (Wildman–Crippen MR) is 211 cm³/mol. The first-order valence-corrected chi connectivity index (χ1v) is 17.8. The van der Waals surface area contributed by atoms with Crippen LogP contribution in [0.5, 0.6) is 0 Å². The number of benzene rings is 8. The minimum Gasteiger partial charge on any atom is -0.356 e. The van der Waals surface area contributed by atoms with Gasteiger partial charge in [0.1, 0.15) is 0 Å². The molecular formula is C50H35N. The number of hydrogen-bond donors (Lipinski definition) is 1. The second-order valence-corrected chi connectivity index (χ2v) is 13.7. The second-order valence-electron chi connectivity index (χ2n) is 13.7. The van der Waals surface area contributed by atoms with Crippen molar-refractivity contribution in [2.24, 2.45) is 0 Å². The van der Waals surface area contributed by atoms with Gasteiger partial charge in [-0.3, -0.25) is 0 Å². The minimum absolute atomic E-state index is 0.443. The van der Waals surface area contributed by atoms with E-state index in [1.165, 1.54) is 66.8 Å². The molecule has 1 N–H and O–H groups in total. The Morgan fingerprint density at radius 2 is 0.549 bits per heavy atom. The Bertz CT molecular complexity index is 2280. The first kappa shape index (κ1) is 29.5. The van der Waals surface area contributed by atoms with Crippen molar-refractivity contribution >= 4 is 11.4 Å². The summed E-state index contributed by atoms with van der Waals surface area (Å²) >= 11 is 0. The SMILES string of the molecule is c1ccc(C2(c3ccccc3)c3ccccc3-c3ccc(Nc4ccc5c(c4)C(c4ccccc4)(c4ccccc4)c4ccccc4-5)cc32)cc1. The highest BCUT2D eigenvalue weighted by Gasteiger charge is 2.47. The van der Waals surface area contributed by atoms with Crippen molar-refractivity contribution in [3.05, 3.63) is 251 Å². The molecule has 2 aliphatic carbocycles. The fourth-order valence-corrected chi connectivity index (χ4v) is 9.21. The van der Waals surface area contributed by atoms with Gasteiger partial charge in [0.25, 0.3) is 0 Å². The van der Waals surface area contributed by atoms with Gasteiger partial charge >= 0.3 is 0 Å². The van der Waals surface area contributed by atoms with Gasteiger partial charge in [-0.1, -0.05) is 182 Å². The van der Waals surface area contributed by atoms with Gasteiger partial charge < -0.3 is 5.32 Å². The number of anilines is 2. The van der Waals surface area contributed by atoms with Crippen LogP contribution in [0.25, 0.3) is 22.3 Å². The average molecular weight is 650 g/mol. The molecule has 0 bridgehead atoms. The van der Waals surface area contributed by atoms with Crippen LogP contribution in [0.15, 0.2) is 206 Å². The van der Waals surface area contributed by atoms with Crippen LogP contribution >= 0.6 is 0 Å². The van der Waals surface area contributed by atoms with Crippen molar-refractivity contribution in [1.29, 1.82) is 0 Å². The molecule has 1 heteroatoms. The van der Waals surface area contributed by atoms with Crippen LogP contribution in [0.3, 0.4) is 0 Å². The third-order valence-corrected chi connectivity index (χ3v) is 11.2. The van der Waals surface area contributed by atoms with Gasteiger partial charge in [-0.15, -0.1) is 0 Å². The Balaban J connectivity index is 1.16. The maximum Gasteiger partial charge on any atom is 0.0714 e. The summed E-state index contributed by atoms with van der Waals surface area (Å²) in [4.78, 5) is 0. The van der Waals surface area contributed by atoms with Crippen molar-refractivity contribution in [2.75, 3.05) is 5.32 Å². The Hall–Kier alpha value is -6.44. The molecule has 1 nitrogen and oxygen atoms in total. The van der Waals surface area contributed by atoms with Gasteiger partial charge in [0.15, 0.2) is 0 Å². The Morgan fingerprint density at radius 3 is 0.902 bits per heavy atom. The van der Waals surface area contributed by atoms with E-state index < -0.39 is 10.8 Å². The van der Waals surface area contributed by atoms with E-state index >= 15 is 0 Å². The topological polar surface area (TPSA) is 12.0 Å². The van der Waals surface area contributed by atoms with Crippen molar-refractivity contribution in [3.8, 4) is 22.3 Å². The van der Waals surface area contributed by atoms with E-state index in [9.17, 15) is 0 Å².